The molecule has 0 bridgehead atoms. The summed E-state index contributed by atoms with van der Waals surface area (Å²) >= 11 is 0. The zero-order valence-corrected chi connectivity index (χ0v) is 9.84. The molecule has 0 fully saturated rings. The molecule has 1 unspecified atom stereocenters. The number of anilines is 2. The van der Waals surface area contributed by atoms with Gasteiger partial charge in [-0.3, -0.25) is 9.59 Å². The first-order valence-corrected chi connectivity index (χ1v) is 5.64. The van der Waals surface area contributed by atoms with Crippen LogP contribution in [0.5, 0.6) is 0 Å². The van der Waals surface area contributed by atoms with Gasteiger partial charge in [0.1, 0.15) is 6.04 Å². The second kappa shape index (κ2) is 4.97. The quantitative estimate of drug-likeness (QED) is 0.644. The standard InChI is InChI=1S/C12H12N2O5/c15-10(16)4-3-8-11(17)14-9-5-6(12(18)19)1-2-7(9)13-8/h1-2,5,8,13H,3-4H2,(H,14,17)(H,15,16)(H,18,19). The van der Waals surface area contributed by atoms with Crippen LogP contribution in [0.3, 0.4) is 0 Å². The molecule has 7 heteroatoms. The molecular formula is C12H12N2O5. The predicted octanol–water partition coefficient (Wildman–Crippen LogP) is 0.982. The molecule has 0 radical (unpaired) electrons. The number of hydrogen-bond donors (Lipinski definition) is 4. The predicted molar refractivity (Wildman–Crippen MR) is 66.3 cm³/mol. The van der Waals surface area contributed by atoms with E-state index in [-0.39, 0.29) is 24.3 Å². The van der Waals surface area contributed by atoms with Crippen LogP contribution in [0.15, 0.2) is 18.2 Å². The van der Waals surface area contributed by atoms with Gasteiger partial charge in [-0.05, 0) is 24.6 Å². The van der Waals surface area contributed by atoms with Gasteiger partial charge in [-0.2, -0.15) is 0 Å². The Balaban J connectivity index is 2.17. The molecule has 1 amide bonds. The molecule has 19 heavy (non-hydrogen) atoms. The summed E-state index contributed by atoms with van der Waals surface area (Å²) in [5.41, 5.74) is 1.04. The maximum Gasteiger partial charge on any atom is 0.335 e. The number of carboxylic acid groups (broad SMARTS) is 2. The second-order valence-corrected chi connectivity index (χ2v) is 4.18. The molecule has 0 saturated carbocycles. The first-order valence-electron chi connectivity index (χ1n) is 5.64. The average molecular weight is 264 g/mol. The Labute approximate surface area is 108 Å². The molecule has 1 aliphatic rings. The van der Waals surface area contributed by atoms with Gasteiger partial charge in [-0.25, -0.2) is 4.79 Å². The molecule has 0 aliphatic carbocycles. The Hall–Kier alpha value is -2.57. The van der Waals surface area contributed by atoms with Crippen molar-refractivity contribution in [3.05, 3.63) is 23.8 Å². The zero-order valence-electron chi connectivity index (χ0n) is 9.84. The minimum absolute atomic E-state index is 0.0739. The van der Waals surface area contributed by atoms with Crippen LogP contribution < -0.4 is 10.6 Å². The lowest BCUT2D eigenvalue weighted by Gasteiger charge is -2.26. The lowest BCUT2D eigenvalue weighted by atomic mass is 10.0. The Bertz CT molecular complexity index is 555. The molecule has 4 N–H and O–H groups in total. The zero-order chi connectivity index (χ0) is 14.0. The second-order valence-electron chi connectivity index (χ2n) is 4.18. The number of carbonyl (C=O) groups excluding carboxylic acids is 1. The fraction of sp³-hybridized carbons (Fsp3) is 0.250. The van der Waals surface area contributed by atoms with E-state index in [9.17, 15) is 14.4 Å². The van der Waals surface area contributed by atoms with Crippen LogP contribution >= 0.6 is 0 Å². The van der Waals surface area contributed by atoms with Gasteiger partial charge in [0.2, 0.25) is 5.91 Å². The molecule has 1 aromatic rings. The number of rotatable bonds is 4. The van der Waals surface area contributed by atoms with Crippen LogP contribution in [0, 0.1) is 0 Å². The monoisotopic (exact) mass is 264 g/mol. The topological polar surface area (TPSA) is 116 Å². The highest BCUT2D eigenvalue weighted by Gasteiger charge is 2.26. The van der Waals surface area contributed by atoms with Crippen LogP contribution in [0.25, 0.3) is 0 Å². The van der Waals surface area contributed by atoms with Crippen LogP contribution in [0.4, 0.5) is 11.4 Å². The third-order valence-electron chi connectivity index (χ3n) is 2.82. The lowest BCUT2D eigenvalue weighted by Crippen LogP contribution is -2.39. The number of hydrogen-bond acceptors (Lipinski definition) is 4. The average Bonchev–Trinajstić information content (AvgIpc) is 2.35. The van der Waals surface area contributed by atoms with Crippen molar-refractivity contribution in [1.29, 1.82) is 0 Å². The van der Waals surface area contributed by atoms with E-state index in [0.717, 1.165) is 0 Å². The van der Waals surface area contributed by atoms with Crippen LogP contribution in [0.2, 0.25) is 0 Å². The number of fused-ring (bicyclic) bond motifs is 1. The molecule has 2 rings (SSSR count). The normalized spacial score (nSPS) is 17.1. The number of amides is 1. The largest absolute Gasteiger partial charge is 0.481 e. The summed E-state index contributed by atoms with van der Waals surface area (Å²) in [6.07, 6.45) is 0.0505. The molecule has 100 valence electrons. The van der Waals surface area contributed by atoms with Crippen molar-refractivity contribution in [3.8, 4) is 0 Å². The van der Waals surface area contributed by atoms with Crippen LogP contribution in [-0.2, 0) is 9.59 Å². The molecule has 0 spiro atoms. The minimum Gasteiger partial charge on any atom is -0.481 e. The molecule has 1 aliphatic heterocycles. The molecule has 1 heterocycles. The van der Waals surface area contributed by atoms with E-state index in [1.54, 1.807) is 6.07 Å². The van der Waals surface area contributed by atoms with Crippen molar-refractivity contribution >= 4 is 29.2 Å². The van der Waals surface area contributed by atoms with E-state index in [4.69, 9.17) is 10.2 Å². The number of nitrogens with one attached hydrogen (secondary N) is 2. The summed E-state index contributed by atoms with van der Waals surface area (Å²) in [5, 5.41) is 22.9. The van der Waals surface area contributed by atoms with E-state index in [0.29, 0.717) is 11.4 Å². The van der Waals surface area contributed by atoms with Gasteiger partial charge < -0.3 is 20.8 Å². The van der Waals surface area contributed by atoms with Crippen molar-refractivity contribution in [3.63, 3.8) is 0 Å². The highest BCUT2D eigenvalue weighted by Crippen LogP contribution is 2.28. The summed E-state index contributed by atoms with van der Waals surface area (Å²) in [4.78, 5) is 33.0. The highest BCUT2D eigenvalue weighted by molar-refractivity contribution is 6.04. The van der Waals surface area contributed by atoms with Crippen molar-refractivity contribution in [2.75, 3.05) is 10.6 Å². The summed E-state index contributed by atoms with van der Waals surface area (Å²) in [5.74, 6) is -2.41. The third kappa shape index (κ3) is 2.82. The fourth-order valence-corrected chi connectivity index (χ4v) is 1.85. The van der Waals surface area contributed by atoms with Gasteiger partial charge in [0.15, 0.2) is 0 Å². The van der Waals surface area contributed by atoms with Gasteiger partial charge in [0.05, 0.1) is 16.9 Å². The van der Waals surface area contributed by atoms with Gasteiger partial charge in [-0.1, -0.05) is 0 Å². The fourth-order valence-electron chi connectivity index (χ4n) is 1.85. The number of benzene rings is 1. The Morgan fingerprint density at radius 2 is 1.95 bits per heavy atom. The van der Waals surface area contributed by atoms with Crippen LogP contribution in [0.1, 0.15) is 23.2 Å². The SMILES string of the molecule is O=C(O)CCC1Nc2ccc(C(=O)O)cc2NC1=O. The Morgan fingerprint density at radius 3 is 2.58 bits per heavy atom. The first-order chi connectivity index (χ1) is 8.97. The number of aromatic carboxylic acids is 1. The minimum atomic E-state index is -1.08. The van der Waals surface area contributed by atoms with E-state index in [1.807, 2.05) is 0 Å². The molecule has 1 atom stereocenters. The van der Waals surface area contributed by atoms with Crippen molar-refractivity contribution in [1.82, 2.24) is 0 Å². The summed E-state index contributed by atoms with van der Waals surface area (Å²) in [6, 6.07) is 3.70. The first kappa shape index (κ1) is 12.9. The van der Waals surface area contributed by atoms with E-state index < -0.39 is 18.0 Å². The van der Waals surface area contributed by atoms with Gasteiger partial charge in [-0.15, -0.1) is 0 Å². The lowest BCUT2D eigenvalue weighted by molar-refractivity contribution is -0.137. The van der Waals surface area contributed by atoms with Gasteiger partial charge >= 0.3 is 11.9 Å². The van der Waals surface area contributed by atoms with E-state index in [1.165, 1.54) is 12.1 Å². The maximum atomic E-state index is 11.7. The highest BCUT2D eigenvalue weighted by atomic mass is 16.4. The molecular weight excluding hydrogens is 252 g/mol. The Kier molecular flexibility index (Phi) is 3.37. The van der Waals surface area contributed by atoms with E-state index in [2.05, 4.69) is 10.6 Å². The van der Waals surface area contributed by atoms with Crippen molar-refractivity contribution < 1.29 is 24.6 Å². The van der Waals surface area contributed by atoms with Crippen molar-refractivity contribution in [2.45, 2.75) is 18.9 Å². The number of aliphatic carboxylic acids is 1. The van der Waals surface area contributed by atoms with Crippen molar-refractivity contribution in [2.24, 2.45) is 0 Å². The molecule has 1 aromatic carbocycles. The molecule has 7 nitrogen and oxygen atoms in total. The summed E-state index contributed by atoms with van der Waals surface area (Å²) < 4.78 is 0. The molecule has 0 aromatic heterocycles. The summed E-state index contributed by atoms with van der Waals surface area (Å²) in [6.45, 7) is 0. The van der Waals surface area contributed by atoms with Gasteiger partial charge in [0, 0.05) is 6.42 Å². The maximum absolute atomic E-state index is 11.7. The van der Waals surface area contributed by atoms with Crippen LogP contribution in [-0.4, -0.2) is 34.1 Å². The van der Waals surface area contributed by atoms with E-state index >= 15 is 0 Å². The number of carboxylic acids is 2. The smallest absolute Gasteiger partial charge is 0.335 e. The third-order valence-corrected chi connectivity index (χ3v) is 2.82. The van der Waals surface area contributed by atoms with Gasteiger partial charge in [0.25, 0.3) is 0 Å². The number of carbonyl (C=O) groups is 3. The molecule has 0 saturated heterocycles. The summed E-state index contributed by atoms with van der Waals surface area (Å²) in [7, 11) is 0. The Morgan fingerprint density at radius 1 is 1.21 bits per heavy atom.